The van der Waals surface area contributed by atoms with Gasteiger partial charge < -0.3 is 20.3 Å². The molecule has 196 valence electrons. The van der Waals surface area contributed by atoms with Crippen LogP contribution >= 0.6 is 0 Å². The molecule has 2 N–H and O–H groups in total. The lowest BCUT2D eigenvalue weighted by atomic mass is 9.99. The summed E-state index contributed by atoms with van der Waals surface area (Å²) >= 11 is 0. The number of carbonyl (C=O) groups excluding carboxylic acids is 3. The van der Waals surface area contributed by atoms with Gasteiger partial charge in [0.05, 0.1) is 0 Å². The zero-order valence-electron chi connectivity index (χ0n) is 23.1. The SMILES string of the molecule is Cc1ccc(C(C(=O)Nc2c(C)cccc2C)N(C)C(=O)C(CC(C)C)NC(=O)OC(C)(C)C)cc1. The van der Waals surface area contributed by atoms with E-state index in [-0.39, 0.29) is 17.7 Å². The number of anilines is 1. The van der Waals surface area contributed by atoms with Gasteiger partial charge in [0, 0.05) is 12.7 Å². The molecule has 3 amide bonds. The summed E-state index contributed by atoms with van der Waals surface area (Å²) in [5, 5.41) is 5.76. The first-order chi connectivity index (χ1) is 16.7. The fraction of sp³-hybridized carbons (Fsp3) is 0.483. The van der Waals surface area contributed by atoms with Crippen molar-refractivity contribution in [2.24, 2.45) is 5.92 Å². The molecule has 36 heavy (non-hydrogen) atoms. The molecule has 0 saturated carbocycles. The summed E-state index contributed by atoms with van der Waals surface area (Å²) in [6, 6.07) is 11.6. The number of aryl methyl sites for hydroxylation is 3. The van der Waals surface area contributed by atoms with Gasteiger partial charge in [-0.2, -0.15) is 0 Å². The lowest BCUT2D eigenvalue weighted by Crippen LogP contribution is -2.51. The molecule has 0 heterocycles. The highest BCUT2D eigenvalue weighted by Crippen LogP contribution is 2.27. The van der Waals surface area contributed by atoms with Gasteiger partial charge in [0.1, 0.15) is 17.7 Å². The Bertz CT molecular complexity index is 1050. The van der Waals surface area contributed by atoms with Crippen molar-refractivity contribution in [3.8, 4) is 0 Å². The first kappa shape index (κ1) is 28.9. The Morgan fingerprint density at radius 1 is 0.944 bits per heavy atom. The van der Waals surface area contributed by atoms with E-state index in [4.69, 9.17) is 4.74 Å². The van der Waals surface area contributed by atoms with Crippen molar-refractivity contribution in [2.45, 2.75) is 79.5 Å². The van der Waals surface area contributed by atoms with Crippen LogP contribution in [0.15, 0.2) is 42.5 Å². The first-order valence-corrected chi connectivity index (χ1v) is 12.4. The Kier molecular flexibility index (Phi) is 9.68. The summed E-state index contributed by atoms with van der Waals surface area (Å²) in [4.78, 5) is 41.4. The second-order valence-corrected chi connectivity index (χ2v) is 10.8. The molecule has 2 aromatic rings. The van der Waals surface area contributed by atoms with Gasteiger partial charge in [0.2, 0.25) is 5.91 Å². The van der Waals surface area contributed by atoms with Gasteiger partial charge in [-0.05, 0) is 70.6 Å². The van der Waals surface area contributed by atoms with Crippen molar-refractivity contribution >= 4 is 23.6 Å². The predicted octanol–water partition coefficient (Wildman–Crippen LogP) is 5.69. The van der Waals surface area contributed by atoms with Gasteiger partial charge in [-0.15, -0.1) is 0 Å². The highest BCUT2D eigenvalue weighted by molar-refractivity contribution is 5.99. The zero-order valence-corrected chi connectivity index (χ0v) is 23.1. The van der Waals surface area contributed by atoms with Crippen LogP contribution in [0.5, 0.6) is 0 Å². The summed E-state index contributed by atoms with van der Waals surface area (Å²) in [6.45, 7) is 15.1. The maximum absolute atomic E-state index is 13.7. The van der Waals surface area contributed by atoms with Crippen molar-refractivity contribution in [1.82, 2.24) is 10.2 Å². The molecule has 2 rings (SSSR count). The molecule has 0 saturated heterocycles. The minimum Gasteiger partial charge on any atom is -0.444 e. The number of alkyl carbamates (subject to hydrolysis) is 1. The van der Waals surface area contributed by atoms with E-state index in [9.17, 15) is 14.4 Å². The molecule has 2 unspecified atom stereocenters. The van der Waals surface area contributed by atoms with Crippen molar-refractivity contribution in [3.63, 3.8) is 0 Å². The lowest BCUT2D eigenvalue weighted by molar-refractivity contribution is -0.139. The maximum Gasteiger partial charge on any atom is 0.408 e. The smallest absolute Gasteiger partial charge is 0.408 e. The number of ether oxygens (including phenoxy) is 1. The fourth-order valence-electron chi connectivity index (χ4n) is 4.02. The second-order valence-electron chi connectivity index (χ2n) is 10.8. The molecule has 0 aliphatic heterocycles. The quantitative estimate of drug-likeness (QED) is 0.492. The van der Waals surface area contributed by atoms with Gasteiger partial charge in [-0.1, -0.05) is 61.9 Å². The number of nitrogens with one attached hydrogen (secondary N) is 2. The number of hydrogen-bond donors (Lipinski definition) is 2. The number of amides is 3. The molecule has 0 aliphatic carbocycles. The third-order valence-electron chi connectivity index (χ3n) is 5.80. The second kappa shape index (κ2) is 12.1. The topological polar surface area (TPSA) is 87.7 Å². The highest BCUT2D eigenvalue weighted by atomic mass is 16.6. The molecule has 2 atom stereocenters. The van der Waals surface area contributed by atoms with Crippen molar-refractivity contribution in [3.05, 3.63) is 64.7 Å². The van der Waals surface area contributed by atoms with Crippen molar-refractivity contribution in [1.29, 1.82) is 0 Å². The van der Waals surface area contributed by atoms with E-state index in [1.54, 1.807) is 27.8 Å². The number of benzene rings is 2. The summed E-state index contributed by atoms with van der Waals surface area (Å²) in [5.41, 5.74) is 3.63. The van der Waals surface area contributed by atoms with Crippen LogP contribution in [0.3, 0.4) is 0 Å². The highest BCUT2D eigenvalue weighted by Gasteiger charge is 2.34. The predicted molar refractivity (Wildman–Crippen MR) is 144 cm³/mol. The molecule has 0 aromatic heterocycles. The van der Waals surface area contributed by atoms with Crippen LogP contribution in [0.4, 0.5) is 10.5 Å². The van der Waals surface area contributed by atoms with Gasteiger partial charge in [-0.3, -0.25) is 9.59 Å². The molecular weight excluding hydrogens is 454 g/mol. The van der Waals surface area contributed by atoms with Crippen LogP contribution in [0.1, 0.15) is 69.3 Å². The molecule has 0 bridgehead atoms. The summed E-state index contributed by atoms with van der Waals surface area (Å²) in [6.07, 6.45) is -0.261. The van der Waals surface area contributed by atoms with Crippen LogP contribution in [0, 0.1) is 26.7 Å². The van der Waals surface area contributed by atoms with E-state index in [0.717, 1.165) is 22.4 Å². The van der Waals surface area contributed by atoms with E-state index in [1.165, 1.54) is 4.90 Å². The Morgan fingerprint density at radius 2 is 1.50 bits per heavy atom. The summed E-state index contributed by atoms with van der Waals surface area (Å²) in [5.74, 6) is -0.562. The van der Waals surface area contributed by atoms with Crippen LogP contribution < -0.4 is 10.6 Å². The summed E-state index contributed by atoms with van der Waals surface area (Å²) < 4.78 is 5.39. The number of carbonyl (C=O) groups is 3. The number of para-hydroxylation sites is 1. The molecule has 2 aromatic carbocycles. The number of nitrogens with zero attached hydrogens (tertiary/aromatic N) is 1. The van der Waals surface area contributed by atoms with E-state index >= 15 is 0 Å². The average Bonchev–Trinajstić information content (AvgIpc) is 2.75. The standard InChI is InChI=1S/C29H41N3O4/c1-18(2)17-23(30-28(35)36-29(6,7)8)27(34)32(9)25(22-15-13-19(3)14-16-22)26(33)31-24-20(4)11-10-12-21(24)5/h10-16,18,23,25H,17H2,1-9H3,(H,30,35)(H,31,33). The van der Waals surface area contributed by atoms with Crippen molar-refractivity contribution < 1.29 is 19.1 Å². The number of rotatable bonds is 8. The molecule has 0 radical (unpaired) electrons. The average molecular weight is 496 g/mol. The van der Waals surface area contributed by atoms with Gasteiger partial charge in [0.25, 0.3) is 5.91 Å². The maximum atomic E-state index is 13.7. The van der Waals surface area contributed by atoms with Crippen LogP contribution in [-0.2, 0) is 14.3 Å². The molecule has 0 spiro atoms. The molecular formula is C29H41N3O4. The zero-order chi connectivity index (χ0) is 27.2. The minimum atomic E-state index is -0.896. The number of hydrogen-bond acceptors (Lipinski definition) is 4. The van der Waals surface area contributed by atoms with E-state index in [0.29, 0.717) is 12.0 Å². The third kappa shape index (κ3) is 8.11. The Hall–Kier alpha value is -3.35. The molecule has 0 aliphatic rings. The van der Waals surface area contributed by atoms with Crippen molar-refractivity contribution in [2.75, 3.05) is 12.4 Å². The van der Waals surface area contributed by atoms with Gasteiger partial charge in [-0.25, -0.2) is 4.79 Å². The van der Waals surface area contributed by atoms with E-state index in [2.05, 4.69) is 10.6 Å². The van der Waals surface area contributed by atoms with Gasteiger partial charge in [0.15, 0.2) is 0 Å². The Morgan fingerprint density at radius 3 is 2.00 bits per heavy atom. The van der Waals surface area contributed by atoms with Gasteiger partial charge >= 0.3 is 6.09 Å². The molecule has 0 fully saturated rings. The molecule has 7 heteroatoms. The minimum absolute atomic E-state index is 0.128. The van der Waals surface area contributed by atoms with Crippen LogP contribution in [0.25, 0.3) is 0 Å². The van der Waals surface area contributed by atoms with Crippen LogP contribution in [-0.4, -0.2) is 41.5 Å². The first-order valence-electron chi connectivity index (χ1n) is 12.4. The third-order valence-corrected chi connectivity index (χ3v) is 5.80. The monoisotopic (exact) mass is 495 g/mol. The fourth-order valence-corrected chi connectivity index (χ4v) is 4.02. The lowest BCUT2D eigenvalue weighted by Gasteiger charge is -2.32. The summed E-state index contributed by atoms with van der Waals surface area (Å²) in [7, 11) is 1.60. The Labute approximate surface area is 215 Å². The Balaban J connectivity index is 2.41. The van der Waals surface area contributed by atoms with E-state index < -0.39 is 23.8 Å². The van der Waals surface area contributed by atoms with Crippen LogP contribution in [0.2, 0.25) is 0 Å². The number of likely N-dealkylation sites (N-methyl/N-ethyl adjacent to an activating group) is 1. The largest absolute Gasteiger partial charge is 0.444 e. The molecule has 7 nitrogen and oxygen atoms in total. The van der Waals surface area contributed by atoms with E-state index in [1.807, 2.05) is 77.1 Å². The normalized spacial score (nSPS) is 13.1.